The van der Waals surface area contributed by atoms with Crippen molar-refractivity contribution < 1.29 is 31.9 Å². The summed E-state index contributed by atoms with van der Waals surface area (Å²) in [4.78, 5) is 13.8. The second kappa shape index (κ2) is 8.41. The average molecular weight is 501 g/mol. The number of amides is 1. The maximum Gasteiger partial charge on any atom is 0.270 e. The Morgan fingerprint density at radius 2 is 1.78 bits per heavy atom. The van der Waals surface area contributed by atoms with Crippen molar-refractivity contribution in [1.29, 1.82) is 0 Å². The minimum atomic E-state index is -3.09. The van der Waals surface area contributed by atoms with E-state index >= 15 is 8.78 Å². The van der Waals surface area contributed by atoms with E-state index in [-0.39, 0.29) is 34.3 Å². The molecule has 1 N–H and O–H groups in total. The molecule has 10 heteroatoms. The summed E-state index contributed by atoms with van der Waals surface area (Å²) in [6, 6.07) is 9.02. The lowest BCUT2D eigenvalue weighted by atomic mass is 9.90. The molecule has 5 rings (SSSR count). The number of aromatic nitrogens is 2. The van der Waals surface area contributed by atoms with Crippen molar-refractivity contribution in [3.8, 4) is 11.1 Å². The van der Waals surface area contributed by atoms with Gasteiger partial charge in [0.05, 0.1) is 17.6 Å². The second-order valence-electron chi connectivity index (χ2n) is 9.03. The van der Waals surface area contributed by atoms with Gasteiger partial charge < -0.3 is 10.0 Å². The fourth-order valence-electron chi connectivity index (χ4n) is 4.60. The first-order valence-electron chi connectivity index (χ1n) is 11.0. The van der Waals surface area contributed by atoms with Crippen LogP contribution in [0.1, 0.15) is 34.0 Å². The zero-order chi connectivity index (χ0) is 25.9. The molecule has 4 aromatic rings. The number of carbonyl (C=O) groups excluding carboxylic acids is 1. The highest BCUT2D eigenvalue weighted by atomic mass is 19.3. The maximum absolute atomic E-state index is 15.2. The number of alkyl halides is 2. The Labute approximate surface area is 202 Å². The Morgan fingerprint density at radius 1 is 1.08 bits per heavy atom. The van der Waals surface area contributed by atoms with Crippen molar-refractivity contribution >= 4 is 16.8 Å². The summed E-state index contributed by atoms with van der Waals surface area (Å²) in [5.41, 5.74) is -2.10. The molecule has 5 nitrogen and oxygen atoms in total. The molecule has 0 saturated heterocycles. The van der Waals surface area contributed by atoms with Crippen molar-refractivity contribution in [2.24, 2.45) is 7.05 Å². The van der Waals surface area contributed by atoms with Gasteiger partial charge in [0.1, 0.15) is 23.1 Å². The zero-order valence-corrected chi connectivity index (χ0v) is 19.2. The van der Waals surface area contributed by atoms with Crippen LogP contribution < -0.4 is 0 Å². The van der Waals surface area contributed by atoms with E-state index in [2.05, 4.69) is 5.10 Å². The van der Waals surface area contributed by atoms with E-state index in [1.54, 1.807) is 13.1 Å². The smallest absolute Gasteiger partial charge is 0.270 e. The van der Waals surface area contributed by atoms with Crippen molar-refractivity contribution in [3.63, 3.8) is 0 Å². The van der Waals surface area contributed by atoms with Gasteiger partial charge in [0.25, 0.3) is 12.3 Å². The van der Waals surface area contributed by atoms with E-state index < -0.39 is 41.9 Å². The molecule has 1 aliphatic rings. The number of aryl methyl sites for hydroxylation is 1. The lowest BCUT2D eigenvalue weighted by Gasteiger charge is -2.23. The topological polar surface area (TPSA) is 58.4 Å². The lowest BCUT2D eigenvalue weighted by Crippen LogP contribution is -2.30. The van der Waals surface area contributed by atoms with Gasteiger partial charge in [-0.05, 0) is 41.8 Å². The molecule has 3 aromatic carbocycles. The Hall–Kier alpha value is -3.79. The highest BCUT2D eigenvalue weighted by Crippen LogP contribution is 2.38. The number of carbonyl (C=O) groups is 1. The van der Waals surface area contributed by atoms with Gasteiger partial charge in [0.2, 0.25) is 0 Å². The molecule has 0 spiro atoms. The van der Waals surface area contributed by atoms with Crippen LogP contribution in [0.3, 0.4) is 0 Å². The quantitative estimate of drug-likeness (QED) is 0.379. The average Bonchev–Trinajstić information content (AvgIpc) is 3.35. The van der Waals surface area contributed by atoms with Gasteiger partial charge in [0.15, 0.2) is 0 Å². The van der Waals surface area contributed by atoms with Gasteiger partial charge in [-0.3, -0.25) is 9.48 Å². The molecule has 0 bridgehead atoms. The first-order chi connectivity index (χ1) is 17.0. The van der Waals surface area contributed by atoms with Gasteiger partial charge in [-0.15, -0.1) is 0 Å². The van der Waals surface area contributed by atoms with Crippen LogP contribution in [0.5, 0.6) is 0 Å². The molecule has 0 saturated carbocycles. The summed E-state index contributed by atoms with van der Waals surface area (Å²) < 4.78 is 72.7. The van der Waals surface area contributed by atoms with Crippen molar-refractivity contribution in [2.45, 2.75) is 32.0 Å². The number of halogens is 5. The van der Waals surface area contributed by atoms with Crippen molar-refractivity contribution in [1.82, 2.24) is 14.7 Å². The third kappa shape index (κ3) is 3.72. The molecule has 186 valence electrons. The zero-order valence-electron chi connectivity index (χ0n) is 19.2. The maximum atomic E-state index is 15.2. The molecule has 0 radical (unpaired) electrons. The second-order valence-corrected chi connectivity index (χ2v) is 9.03. The van der Waals surface area contributed by atoms with E-state index in [1.807, 2.05) is 0 Å². The van der Waals surface area contributed by atoms with Crippen LogP contribution in [-0.2, 0) is 25.7 Å². The van der Waals surface area contributed by atoms with Gasteiger partial charge in [-0.1, -0.05) is 24.3 Å². The molecule has 36 heavy (non-hydrogen) atoms. The summed E-state index contributed by atoms with van der Waals surface area (Å²) in [5, 5.41) is 14.8. The summed E-state index contributed by atoms with van der Waals surface area (Å²) in [7, 11) is 1.56. The molecule has 1 aliphatic heterocycles. The Kier molecular flexibility index (Phi) is 5.59. The highest BCUT2D eigenvalue weighted by Gasteiger charge is 2.37. The van der Waals surface area contributed by atoms with Crippen LogP contribution >= 0.6 is 0 Å². The normalized spacial score (nSPS) is 15.1. The first kappa shape index (κ1) is 23.9. The molecule has 1 amide bonds. The number of rotatable bonds is 5. The van der Waals surface area contributed by atoms with Crippen molar-refractivity contribution in [2.75, 3.05) is 0 Å². The van der Waals surface area contributed by atoms with E-state index in [9.17, 15) is 23.1 Å². The minimum absolute atomic E-state index is 0.0222. The van der Waals surface area contributed by atoms with Crippen molar-refractivity contribution in [3.05, 3.63) is 88.4 Å². The Morgan fingerprint density at radius 3 is 2.42 bits per heavy atom. The molecule has 1 unspecified atom stereocenters. The number of nitrogens with zero attached hydrogens (tertiary/aromatic N) is 3. The molecule has 1 atom stereocenters. The molecule has 0 aliphatic carbocycles. The number of aliphatic hydroxyl groups is 1. The number of hydrogen-bond acceptors (Lipinski definition) is 3. The molecule has 2 heterocycles. The summed E-state index contributed by atoms with van der Waals surface area (Å²) >= 11 is 0. The number of benzene rings is 3. The molecular formula is C26H20F5N3O2. The fourth-order valence-corrected chi connectivity index (χ4v) is 4.60. The number of hydrogen-bond donors (Lipinski definition) is 1. The van der Waals surface area contributed by atoms with Gasteiger partial charge in [-0.2, -0.15) is 5.10 Å². The van der Waals surface area contributed by atoms with E-state index in [0.29, 0.717) is 16.5 Å². The minimum Gasteiger partial charge on any atom is -0.379 e. The first-order valence-corrected chi connectivity index (χ1v) is 11.0. The summed E-state index contributed by atoms with van der Waals surface area (Å²) in [6.07, 6.45) is -1.58. The van der Waals surface area contributed by atoms with E-state index in [4.69, 9.17) is 0 Å². The largest absolute Gasteiger partial charge is 0.379 e. The van der Waals surface area contributed by atoms with Gasteiger partial charge in [-0.25, -0.2) is 22.0 Å². The van der Waals surface area contributed by atoms with Gasteiger partial charge >= 0.3 is 0 Å². The lowest BCUT2D eigenvalue weighted by molar-refractivity contribution is -0.0874. The summed E-state index contributed by atoms with van der Waals surface area (Å²) in [6.45, 7) is 0.594. The SMILES string of the molecule is Cn1cc2c(-c3cc(F)c(CN4Cc5cccc(F)c5C4=O)c(F)c3)ccc(C(C)(O)C(F)F)c2n1. The van der Waals surface area contributed by atoms with Crippen LogP contribution in [0, 0.1) is 17.5 Å². The van der Waals surface area contributed by atoms with Crippen LogP contribution in [0.25, 0.3) is 22.0 Å². The van der Waals surface area contributed by atoms with E-state index in [1.165, 1.54) is 29.1 Å². The Balaban J connectivity index is 1.53. The summed E-state index contributed by atoms with van der Waals surface area (Å²) in [5.74, 6) is -3.18. The van der Waals surface area contributed by atoms with Crippen LogP contribution in [0.15, 0.2) is 48.7 Å². The third-order valence-electron chi connectivity index (χ3n) is 6.52. The van der Waals surface area contributed by atoms with Gasteiger partial charge in [0, 0.05) is 36.3 Å². The van der Waals surface area contributed by atoms with Crippen LogP contribution in [0.2, 0.25) is 0 Å². The standard InChI is InChI=1S/C26H20F5N3O2/c1-26(36,25(30)31)18-7-6-15(16-11-33(2)32-23(16)18)14-8-20(28)17(21(29)9-14)12-34-10-13-4-3-5-19(27)22(13)24(34)35/h3-9,11,25,36H,10,12H2,1-2H3. The highest BCUT2D eigenvalue weighted by molar-refractivity contribution is 5.99. The predicted octanol–water partition coefficient (Wildman–Crippen LogP) is 5.29. The van der Waals surface area contributed by atoms with E-state index in [0.717, 1.165) is 30.0 Å². The monoisotopic (exact) mass is 501 g/mol. The number of fused-ring (bicyclic) bond motifs is 2. The van der Waals surface area contributed by atoms with Crippen LogP contribution in [-0.4, -0.2) is 32.1 Å². The molecule has 0 fully saturated rings. The predicted molar refractivity (Wildman–Crippen MR) is 122 cm³/mol. The molecular weight excluding hydrogens is 481 g/mol. The Bertz CT molecular complexity index is 1510. The van der Waals surface area contributed by atoms with Crippen LogP contribution in [0.4, 0.5) is 22.0 Å². The third-order valence-corrected chi connectivity index (χ3v) is 6.52. The fraction of sp³-hybridized carbons (Fsp3) is 0.231. The molecule has 1 aromatic heterocycles.